The predicted molar refractivity (Wildman–Crippen MR) is 149 cm³/mol. The normalized spacial score (nSPS) is 15.7. The average molecular weight is 513 g/mol. The summed E-state index contributed by atoms with van der Waals surface area (Å²) in [5, 5.41) is 7.14. The van der Waals surface area contributed by atoms with E-state index >= 15 is 0 Å². The minimum atomic E-state index is -0.314. The van der Waals surface area contributed by atoms with Crippen molar-refractivity contribution in [3.05, 3.63) is 83.3 Å². The van der Waals surface area contributed by atoms with Gasteiger partial charge in [-0.1, -0.05) is 36.4 Å². The van der Waals surface area contributed by atoms with Crippen LogP contribution in [0.1, 0.15) is 12.8 Å². The van der Waals surface area contributed by atoms with Gasteiger partial charge < -0.3 is 24.8 Å². The monoisotopic (exact) mass is 512 g/mol. The molecular formula is C29H32N6O3. The number of aromatic nitrogens is 3. The SMILES string of the molecule is CN(C)C/C=C/C(=O)N1CCC[C@H]1Cn1cc(-c2ccc(Oc3ccccc3)cc2)c2c(N)n[nH]c(=O)c21. The van der Waals surface area contributed by atoms with E-state index in [-0.39, 0.29) is 23.3 Å². The second-order valence-corrected chi connectivity index (χ2v) is 9.79. The van der Waals surface area contributed by atoms with Crippen LogP contribution in [0.4, 0.5) is 5.82 Å². The Kier molecular flexibility index (Phi) is 7.28. The zero-order chi connectivity index (χ0) is 26.6. The third-order valence-electron chi connectivity index (χ3n) is 6.77. The van der Waals surface area contributed by atoms with Crippen molar-refractivity contribution in [1.29, 1.82) is 0 Å². The topological polar surface area (TPSA) is 109 Å². The number of nitrogens with one attached hydrogen (secondary N) is 1. The van der Waals surface area contributed by atoms with Gasteiger partial charge in [0.15, 0.2) is 5.82 Å². The number of nitrogen functional groups attached to an aromatic ring is 1. The Morgan fingerprint density at radius 3 is 2.63 bits per heavy atom. The molecule has 3 heterocycles. The Balaban J connectivity index is 1.44. The number of nitrogens with two attached hydrogens (primary N) is 1. The van der Waals surface area contributed by atoms with Gasteiger partial charge >= 0.3 is 0 Å². The van der Waals surface area contributed by atoms with Gasteiger partial charge in [-0.25, -0.2) is 5.10 Å². The predicted octanol–water partition coefficient (Wildman–Crippen LogP) is 3.87. The van der Waals surface area contributed by atoms with Crippen molar-refractivity contribution in [3.8, 4) is 22.6 Å². The van der Waals surface area contributed by atoms with Crippen molar-refractivity contribution in [3.63, 3.8) is 0 Å². The minimum Gasteiger partial charge on any atom is -0.457 e. The number of likely N-dealkylation sites (N-methyl/N-ethyl adjacent to an activating group) is 1. The van der Waals surface area contributed by atoms with Crippen LogP contribution in [-0.4, -0.2) is 63.7 Å². The van der Waals surface area contributed by atoms with Crippen LogP contribution < -0.4 is 16.0 Å². The second kappa shape index (κ2) is 10.9. The van der Waals surface area contributed by atoms with Gasteiger partial charge in [-0.2, -0.15) is 5.10 Å². The number of anilines is 1. The summed E-state index contributed by atoms with van der Waals surface area (Å²) in [6.07, 6.45) is 7.25. The summed E-state index contributed by atoms with van der Waals surface area (Å²) < 4.78 is 7.84. The zero-order valence-electron chi connectivity index (χ0n) is 21.6. The maximum Gasteiger partial charge on any atom is 0.288 e. The van der Waals surface area contributed by atoms with E-state index in [1.807, 2.05) is 95.3 Å². The molecule has 1 aliphatic heterocycles. The van der Waals surface area contributed by atoms with Crippen molar-refractivity contribution in [1.82, 2.24) is 24.6 Å². The molecule has 1 amide bonds. The van der Waals surface area contributed by atoms with Crippen LogP contribution >= 0.6 is 0 Å². The molecule has 0 aliphatic carbocycles. The fraction of sp³-hybridized carbons (Fsp3) is 0.276. The molecule has 2 aromatic heterocycles. The number of H-pyrrole nitrogens is 1. The number of carbonyl (C=O) groups is 1. The highest BCUT2D eigenvalue weighted by Crippen LogP contribution is 2.34. The Labute approximate surface area is 221 Å². The molecule has 9 nitrogen and oxygen atoms in total. The van der Waals surface area contributed by atoms with E-state index in [0.29, 0.717) is 36.3 Å². The van der Waals surface area contributed by atoms with E-state index in [2.05, 4.69) is 10.2 Å². The second-order valence-electron chi connectivity index (χ2n) is 9.79. The molecule has 3 N–H and O–H groups in total. The lowest BCUT2D eigenvalue weighted by atomic mass is 10.1. The lowest BCUT2D eigenvalue weighted by Crippen LogP contribution is -2.37. The van der Waals surface area contributed by atoms with Crippen LogP contribution in [0, 0.1) is 0 Å². The summed E-state index contributed by atoms with van der Waals surface area (Å²) in [5.74, 6) is 1.71. The van der Waals surface area contributed by atoms with E-state index < -0.39 is 0 Å². The first-order chi connectivity index (χ1) is 18.4. The number of likely N-dealkylation sites (tertiary alicyclic amines) is 1. The molecule has 4 aromatic rings. The maximum absolute atomic E-state index is 12.9. The van der Waals surface area contributed by atoms with Crippen LogP contribution in [0.3, 0.4) is 0 Å². The number of carbonyl (C=O) groups excluding carboxylic acids is 1. The smallest absolute Gasteiger partial charge is 0.288 e. The first-order valence-corrected chi connectivity index (χ1v) is 12.7. The number of nitrogens with zero attached hydrogens (tertiary/aromatic N) is 4. The van der Waals surface area contributed by atoms with Gasteiger partial charge in [0.05, 0.1) is 5.39 Å². The molecule has 1 saturated heterocycles. The number of fused-ring (bicyclic) bond motifs is 1. The highest BCUT2D eigenvalue weighted by Gasteiger charge is 2.29. The van der Waals surface area contributed by atoms with Gasteiger partial charge in [0, 0.05) is 43.5 Å². The maximum atomic E-state index is 12.9. The molecule has 0 radical (unpaired) electrons. The fourth-order valence-corrected chi connectivity index (χ4v) is 4.97. The lowest BCUT2D eigenvalue weighted by molar-refractivity contribution is -0.127. The summed E-state index contributed by atoms with van der Waals surface area (Å²) in [5.41, 5.74) is 8.12. The lowest BCUT2D eigenvalue weighted by Gasteiger charge is -2.24. The number of para-hydroxylation sites is 1. The van der Waals surface area contributed by atoms with Crippen LogP contribution in [0.5, 0.6) is 11.5 Å². The molecule has 0 bridgehead atoms. The van der Waals surface area contributed by atoms with Crippen molar-refractivity contribution in [2.24, 2.45) is 0 Å². The van der Waals surface area contributed by atoms with Gasteiger partial charge in [0.1, 0.15) is 17.0 Å². The Hall–Kier alpha value is -4.37. The third kappa shape index (κ3) is 5.33. The van der Waals surface area contributed by atoms with Gasteiger partial charge in [-0.05, 0) is 56.8 Å². The van der Waals surface area contributed by atoms with Crippen molar-refractivity contribution in [2.45, 2.75) is 25.4 Å². The number of hydrogen-bond donors (Lipinski definition) is 2. The average Bonchev–Trinajstić information content (AvgIpc) is 3.53. The van der Waals surface area contributed by atoms with E-state index in [1.165, 1.54) is 0 Å². The van der Waals surface area contributed by atoms with E-state index in [4.69, 9.17) is 10.5 Å². The summed E-state index contributed by atoms with van der Waals surface area (Å²) in [6.45, 7) is 1.89. The molecule has 196 valence electrons. The van der Waals surface area contributed by atoms with E-state index in [9.17, 15) is 9.59 Å². The molecule has 1 fully saturated rings. The first kappa shape index (κ1) is 25.3. The Morgan fingerprint density at radius 1 is 1.16 bits per heavy atom. The van der Waals surface area contributed by atoms with Gasteiger partial charge in [0.25, 0.3) is 5.56 Å². The van der Waals surface area contributed by atoms with Gasteiger partial charge in [-0.3, -0.25) is 9.59 Å². The summed E-state index contributed by atoms with van der Waals surface area (Å²) >= 11 is 0. The summed E-state index contributed by atoms with van der Waals surface area (Å²) in [4.78, 5) is 29.7. The van der Waals surface area contributed by atoms with Crippen LogP contribution in [0.2, 0.25) is 0 Å². The minimum absolute atomic E-state index is 0.00451. The molecule has 0 unspecified atom stereocenters. The Bertz CT molecular complexity index is 1510. The highest BCUT2D eigenvalue weighted by molar-refractivity contribution is 6.02. The Morgan fingerprint density at radius 2 is 1.89 bits per heavy atom. The number of benzene rings is 2. The van der Waals surface area contributed by atoms with Crippen LogP contribution in [0.25, 0.3) is 22.0 Å². The van der Waals surface area contributed by atoms with Crippen LogP contribution in [-0.2, 0) is 11.3 Å². The molecule has 9 heteroatoms. The number of rotatable bonds is 8. The molecule has 38 heavy (non-hydrogen) atoms. The standard InChI is InChI=1S/C29H32N6O3/c1-33(2)16-7-11-25(36)35-17-6-8-21(35)18-34-19-24(26-27(34)29(37)32-31-28(26)30)20-12-14-23(15-13-20)38-22-9-4-3-5-10-22/h3-5,7,9-15,19,21H,6,8,16-18H2,1-2H3,(H2,30,31)(H,32,37)/b11-7+/t21-/m0/s1. The third-order valence-corrected chi connectivity index (χ3v) is 6.77. The van der Waals surface area contributed by atoms with Crippen molar-refractivity contribution >= 4 is 22.6 Å². The largest absolute Gasteiger partial charge is 0.457 e. The highest BCUT2D eigenvalue weighted by atomic mass is 16.5. The molecule has 0 spiro atoms. The molecule has 0 saturated carbocycles. The van der Waals surface area contributed by atoms with Crippen LogP contribution in [0.15, 0.2) is 77.7 Å². The fourth-order valence-electron chi connectivity index (χ4n) is 4.97. The van der Waals surface area contributed by atoms with E-state index in [0.717, 1.165) is 29.7 Å². The molecule has 2 aromatic carbocycles. The summed E-state index contributed by atoms with van der Waals surface area (Å²) in [6, 6.07) is 17.2. The molecule has 1 atom stereocenters. The summed E-state index contributed by atoms with van der Waals surface area (Å²) in [7, 11) is 3.92. The number of amides is 1. The van der Waals surface area contributed by atoms with Crippen molar-refractivity contribution in [2.75, 3.05) is 32.9 Å². The quantitative estimate of drug-likeness (QED) is 0.347. The first-order valence-electron chi connectivity index (χ1n) is 12.7. The number of hydrogen-bond acceptors (Lipinski definition) is 6. The van der Waals surface area contributed by atoms with Crippen molar-refractivity contribution < 1.29 is 9.53 Å². The molecule has 1 aliphatic rings. The number of aromatic amines is 1. The van der Waals surface area contributed by atoms with E-state index in [1.54, 1.807) is 6.08 Å². The molecule has 5 rings (SSSR count). The number of ether oxygens (including phenoxy) is 1. The zero-order valence-corrected chi connectivity index (χ0v) is 21.6. The molecular weight excluding hydrogens is 480 g/mol. The van der Waals surface area contributed by atoms with Gasteiger partial charge in [-0.15, -0.1) is 0 Å². The van der Waals surface area contributed by atoms with Gasteiger partial charge in [0.2, 0.25) is 5.91 Å².